The number of aromatic nitrogens is 2. The van der Waals surface area contributed by atoms with Gasteiger partial charge in [0.1, 0.15) is 18.2 Å². The molecule has 1 aromatic carbocycles. The molecule has 4 rings (SSSR count). The van der Waals surface area contributed by atoms with E-state index in [1.165, 1.54) is 0 Å². The fourth-order valence-electron chi connectivity index (χ4n) is 3.56. The van der Waals surface area contributed by atoms with E-state index in [1.54, 1.807) is 16.7 Å². The van der Waals surface area contributed by atoms with E-state index in [1.807, 2.05) is 66.2 Å². The number of amides is 2. The molecule has 138 valence electrons. The minimum absolute atomic E-state index is 0.0293. The Morgan fingerprint density at radius 3 is 2.59 bits per heavy atom. The zero-order valence-corrected chi connectivity index (χ0v) is 15.5. The van der Waals surface area contributed by atoms with E-state index < -0.39 is 6.04 Å². The Bertz CT molecular complexity index is 996. The molecule has 2 aromatic heterocycles. The summed E-state index contributed by atoms with van der Waals surface area (Å²) in [6.07, 6.45) is 3.86. The van der Waals surface area contributed by atoms with Crippen LogP contribution in [0.15, 0.2) is 54.9 Å². The molecular weight excluding hydrogens is 340 g/mol. The van der Waals surface area contributed by atoms with E-state index in [4.69, 9.17) is 0 Å². The number of benzene rings is 1. The van der Waals surface area contributed by atoms with Gasteiger partial charge in [0.2, 0.25) is 11.8 Å². The molecule has 1 atom stereocenters. The third kappa shape index (κ3) is 3.30. The van der Waals surface area contributed by atoms with Crippen LogP contribution in [-0.4, -0.2) is 43.6 Å². The Labute approximate surface area is 158 Å². The van der Waals surface area contributed by atoms with Crippen molar-refractivity contribution in [2.24, 2.45) is 0 Å². The number of carbonyl (C=O) groups is 2. The van der Waals surface area contributed by atoms with Crippen LogP contribution in [0.25, 0.3) is 5.65 Å². The lowest BCUT2D eigenvalue weighted by atomic mass is 10.1. The Morgan fingerprint density at radius 1 is 1.07 bits per heavy atom. The smallest absolute Gasteiger partial charge is 0.245 e. The summed E-state index contributed by atoms with van der Waals surface area (Å²) in [4.78, 5) is 33.4. The molecule has 0 bridgehead atoms. The highest BCUT2D eigenvalue weighted by Gasteiger charge is 2.36. The lowest BCUT2D eigenvalue weighted by Gasteiger charge is -2.38. The van der Waals surface area contributed by atoms with Crippen LogP contribution < -0.4 is 0 Å². The minimum Gasteiger partial charge on any atom is -0.327 e. The van der Waals surface area contributed by atoms with Gasteiger partial charge in [0.05, 0.1) is 12.2 Å². The maximum Gasteiger partial charge on any atom is 0.245 e. The Hall–Kier alpha value is -3.15. The van der Waals surface area contributed by atoms with E-state index in [0.717, 1.165) is 22.5 Å². The second kappa shape index (κ2) is 6.87. The number of hydrogen-bond acceptors (Lipinski definition) is 3. The second-order valence-corrected chi connectivity index (χ2v) is 7.03. The predicted octanol–water partition coefficient (Wildman–Crippen LogP) is 2.40. The average Bonchev–Trinajstić information content (AvgIpc) is 3.08. The molecule has 0 radical (unpaired) electrons. The van der Waals surface area contributed by atoms with E-state index in [2.05, 4.69) is 4.98 Å². The molecule has 3 aromatic rings. The topological polar surface area (TPSA) is 57.9 Å². The minimum atomic E-state index is -0.499. The number of aryl methyl sites for hydroxylation is 1. The molecule has 0 N–H and O–H groups in total. The molecule has 0 unspecified atom stereocenters. The van der Waals surface area contributed by atoms with Crippen LogP contribution in [0, 0.1) is 6.92 Å². The third-order valence-corrected chi connectivity index (χ3v) is 5.06. The Kier molecular flexibility index (Phi) is 4.39. The van der Waals surface area contributed by atoms with Gasteiger partial charge in [-0.2, -0.15) is 0 Å². The summed E-state index contributed by atoms with van der Waals surface area (Å²) in [7, 11) is 0. The van der Waals surface area contributed by atoms with Crippen LogP contribution in [0.2, 0.25) is 0 Å². The molecule has 1 saturated heterocycles. The first-order valence-electron chi connectivity index (χ1n) is 9.08. The number of imidazole rings is 1. The highest BCUT2D eigenvalue weighted by atomic mass is 16.2. The lowest BCUT2D eigenvalue weighted by molar-refractivity contribution is -0.156. The number of hydrogen-bond donors (Lipinski definition) is 0. The van der Waals surface area contributed by atoms with Gasteiger partial charge in [-0.3, -0.25) is 9.59 Å². The number of fused-ring (bicyclic) bond motifs is 1. The summed E-state index contributed by atoms with van der Waals surface area (Å²) >= 11 is 0. The molecule has 27 heavy (non-hydrogen) atoms. The summed E-state index contributed by atoms with van der Waals surface area (Å²) in [6, 6.07) is 13.2. The van der Waals surface area contributed by atoms with Gasteiger partial charge in [-0.15, -0.1) is 0 Å². The number of carbonyl (C=O) groups excluding carboxylic acids is 2. The van der Waals surface area contributed by atoms with Gasteiger partial charge in [0.25, 0.3) is 0 Å². The molecule has 0 aliphatic carbocycles. The zero-order valence-electron chi connectivity index (χ0n) is 15.5. The summed E-state index contributed by atoms with van der Waals surface area (Å²) < 4.78 is 1.95. The summed E-state index contributed by atoms with van der Waals surface area (Å²) in [5, 5.41) is 0. The van der Waals surface area contributed by atoms with Crippen molar-refractivity contribution < 1.29 is 9.59 Å². The van der Waals surface area contributed by atoms with E-state index in [0.29, 0.717) is 13.1 Å². The quantitative estimate of drug-likeness (QED) is 0.716. The predicted molar refractivity (Wildman–Crippen MR) is 102 cm³/mol. The lowest BCUT2D eigenvalue weighted by Crippen LogP contribution is -2.58. The molecular formula is C21H22N4O2. The normalized spacial score (nSPS) is 17.8. The van der Waals surface area contributed by atoms with Crippen LogP contribution in [0.5, 0.6) is 0 Å². The standard InChI is InChI=1S/C21H22N4O2/c1-15-7-6-10-23-12-18(22-20(15)23)13-25-16(2)21(27)24(14-19(25)26)11-17-8-4-3-5-9-17/h3-10,12,16H,11,13-14H2,1-2H3/t16-/m1/s1. The maximum atomic E-state index is 12.8. The van der Waals surface area contributed by atoms with Crippen LogP contribution >= 0.6 is 0 Å². The number of rotatable bonds is 4. The van der Waals surface area contributed by atoms with Gasteiger partial charge in [0.15, 0.2) is 0 Å². The molecule has 6 nitrogen and oxygen atoms in total. The summed E-state index contributed by atoms with van der Waals surface area (Å²) in [5.74, 6) is -0.0785. The van der Waals surface area contributed by atoms with Crippen molar-refractivity contribution in [1.29, 1.82) is 0 Å². The van der Waals surface area contributed by atoms with Crippen molar-refractivity contribution in [3.63, 3.8) is 0 Å². The highest BCUT2D eigenvalue weighted by molar-refractivity contribution is 5.94. The molecule has 1 aliphatic heterocycles. The fourth-order valence-corrected chi connectivity index (χ4v) is 3.56. The van der Waals surface area contributed by atoms with Gasteiger partial charge < -0.3 is 14.2 Å². The molecule has 6 heteroatoms. The van der Waals surface area contributed by atoms with E-state index >= 15 is 0 Å². The average molecular weight is 362 g/mol. The van der Waals surface area contributed by atoms with Crippen LogP contribution in [0.4, 0.5) is 0 Å². The number of piperazine rings is 1. The first kappa shape index (κ1) is 17.3. The monoisotopic (exact) mass is 362 g/mol. The van der Waals surface area contributed by atoms with Crippen molar-refractivity contribution in [1.82, 2.24) is 19.2 Å². The highest BCUT2D eigenvalue weighted by Crippen LogP contribution is 2.19. The largest absolute Gasteiger partial charge is 0.327 e. The van der Waals surface area contributed by atoms with Crippen molar-refractivity contribution in [3.05, 3.63) is 71.7 Å². The second-order valence-electron chi connectivity index (χ2n) is 7.03. The summed E-state index contributed by atoms with van der Waals surface area (Å²) in [5.41, 5.74) is 3.76. The van der Waals surface area contributed by atoms with E-state index in [9.17, 15) is 9.59 Å². The molecule has 1 aliphatic rings. The Balaban J connectivity index is 1.51. The first-order chi connectivity index (χ1) is 13.0. The van der Waals surface area contributed by atoms with Crippen LogP contribution in [0.3, 0.4) is 0 Å². The SMILES string of the molecule is Cc1cccn2cc(CN3C(=O)CN(Cc4ccccc4)C(=O)[C@H]3C)nc12. The number of pyridine rings is 1. The van der Waals surface area contributed by atoms with Crippen LogP contribution in [0.1, 0.15) is 23.7 Å². The molecule has 1 fully saturated rings. The van der Waals surface area contributed by atoms with Gasteiger partial charge in [-0.1, -0.05) is 36.4 Å². The fraction of sp³-hybridized carbons (Fsp3) is 0.286. The summed E-state index contributed by atoms with van der Waals surface area (Å²) in [6.45, 7) is 4.69. The molecule has 0 spiro atoms. The molecule has 0 saturated carbocycles. The van der Waals surface area contributed by atoms with Gasteiger partial charge in [0, 0.05) is 18.9 Å². The van der Waals surface area contributed by atoms with Gasteiger partial charge in [-0.25, -0.2) is 4.98 Å². The number of nitrogens with zero attached hydrogens (tertiary/aromatic N) is 4. The van der Waals surface area contributed by atoms with Crippen molar-refractivity contribution in [3.8, 4) is 0 Å². The van der Waals surface area contributed by atoms with E-state index in [-0.39, 0.29) is 18.4 Å². The zero-order chi connectivity index (χ0) is 19.0. The Morgan fingerprint density at radius 2 is 1.85 bits per heavy atom. The van der Waals surface area contributed by atoms with Gasteiger partial charge in [-0.05, 0) is 31.0 Å². The van der Waals surface area contributed by atoms with Gasteiger partial charge >= 0.3 is 0 Å². The van der Waals surface area contributed by atoms with Crippen molar-refractivity contribution in [2.75, 3.05) is 6.54 Å². The molecule has 3 heterocycles. The third-order valence-electron chi connectivity index (χ3n) is 5.06. The van der Waals surface area contributed by atoms with Crippen molar-refractivity contribution >= 4 is 17.5 Å². The molecule has 2 amide bonds. The maximum absolute atomic E-state index is 12.8. The first-order valence-corrected chi connectivity index (χ1v) is 9.08. The van der Waals surface area contributed by atoms with Crippen LogP contribution in [-0.2, 0) is 22.7 Å². The van der Waals surface area contributed by atoms with Crippen molar-refractivity contribution in [2.45, 2.75) is 33.0 Å².